The van der Waals surface area contributed by atoms with E-state index in [4.69, 9.17) is 15.2 Å². The van der Waals surface area contributed by atoms with Crippen LogP contribution >= 0.6 is 0 Å². The van der Waals surface area contributed by atoms with Gasteiger partial charge in [-0.05, 0) is 44.0 Å². The molecule has 2 amide bonds. The van der Waals surface area contributed by atoms with Crippen molar-refractivity contribution in [2.24, 2.45) is 5.73 Å². The van der Waals surface area contributed by atoms with Crippen molar-refractivity contribution in [1.82, 2.24) is 14.8 Å². The Balaban J connectivity index is 1.85. The monoisotopic (exact) mass is 513 g/mol. The van der Waals surface area contributed by atoms with Gasteiger partial charge in [0, 0.05) is 41.4 Å². The van der Waals surface area contributed by atoms with Crippen LogP contribution in [0.3, 0.4) is 0 Å². The van der Waals surface area contributed by atoms with Gasteiger partial charge in [-0.15, -0.1) is 0 Å². The number of carbonyl (C=O) groups is 2. The van der Waals surface area contributed by atoms with Crippen LogP contribution in [-0.4, -0.2) is 60.3 Å². The fourth-order valence-electron chi connectivity index (χ4n) is 4.17. The van der Waals surface area contributed by atoms with Gasteiger partial charge in [-0.2, -0.15) is 5.10 Å². The summed E-state index contributed by atoms with van der Waals surface area (Å²) in [7, 11) is -1.83. The average molecular weight is 514 g/mol. The fraction of sp³-hybridized carbons (Fsp3) is 0.333. The average Bonchev–Trinajstić information content (AvgIpc) is 3.31. The Hall–Kier alpha value is -3.93. The van der Waals surface area contributed by atoms with Gasteiger partial charge in [0.05, 0.1) is 31.3 Å². The number of nitrogens with two attached hydrogens (primary N) is 1. The lowest BCUT2D eigenvalue weighted by Gasteiger charge is -2.35. The molecule has 1 aliphatic heterocycles. The number of pyridine rings is 1. The molecule has 1 atom stereocenters. The highest BCUT2D eigenvalue weighted by molar-refractivity contribution is 7.90. The minimum Gasteiger partial charge on any atom is -0.452 e. The molecule has 2 aromatic heterocycles. The molecule has 3 heterocycles. The molecule has 0 fully saturated rings. The Morgan fingerprint density at radius 2 is 2.03 bits per heavy atom. The molecule has 0 saturated carbocycles. The van der Waals surface area contributed by atoms with E-state index in [1.54, 1.807) is 29.4 Å². The van der Waals surface area contributed by atoms with Crippen LogP contribution in [0, 0.1) is 0 Å². The Morgan fingerprint density at radius 3 is 2.72 bits per heavy atom. The summed E-state index contributed by atoms with van der Waals surface area (Å²) in [4.78, 5) is 30.4. The Morgan fingerprint density at radius 1 is 1.25 bits per heavy atom. The first-order valence-electron chi connectivity index (χ1n) is 11.3. The molecular formula is C24H27N5O6S. The van der Waals surface area contributed by atoms with Crippen molar-refractivity contribution in [3.63, 3.8) is 0 Å². The molecule has 0 bridgehead atoms. The van der Waals surface area contributed by atoms with Crippen molar-refractivity contribution in [1.29, 1.82) is 0 Å². The van der Waals surface area contributed by atoms with Gasteiger partial charge in [0.1, 0.15) is 21.2 Å². The molecule has 190 valence electrons. The molecule has 0 aliphatic carbocycles. The first kappa shape index (κ1) is 25.2. The number of rotatable bonds is 7. The third-order valence-electron chi connectivity index (χ3n) is 5.99. The van der Waals surface area contributed by atoms with E-state index in [1.807, 2.05) is 13.0 Å². The van der Waals surface area contributed by atoms with Gasteiger partial charge in [-0.1, -0.05) is 0 Å². The minimum atomic E-state index is -3.16. The summed E-state index contributed by atoms with van der Waals surface area (Å²) in [6, 6.07) is 6.60. The largest absolute Gasteiger partial charge is 0.452 e. The maximum absolute atomic E-state index is 12.6. The molecule has 0 unspecified atom stereocenters. The van der Waals surface area contributed by atoms with Crippen LogP contribution < -0.4 is 15.4 Å². The van der Waals surface area contributed by atoms with E-state index in [0.29, 0.717) is 35.4 Å². The van der Waals surface area contributed by atoms with Gasteiger partial charge in [0.2, 0.25) is 5.88 Å². The first-order valence-corrected chi connectivity index (χ1v) is 13.3. The highest BCUT2D eigenvalue weighted by Gasteiger charge is 2.33. The smallest absolute Gasteiger partial charge is 0.414 e. The second-order valence-corrected chi connectivity index (χ2v) is 10.9. The van der Waals surface area contributed by atoms with Crippen LogP contribution in [0.5, 0.6) is 11.6 Å². The standard InChI is InChI=1S/C24H27N5O6S/c1-15-6-7-18-20(29(15)24(31)34-2)9-8-17(16-13-27-28(14-16)11-12-36(3,32)33)21(18)35-23-19(22(25)30)5-4-10-26-23/h4-5,8-10,13-15H,6-7,11-12H2,1-3H3,(H2,25,30)/t15-/m0/s1. The summed E-state index contributed by atoms with van der Waals surface area (Å²) in [6.07, 6.45) is 6.73. The minimum absolute atomic E-state index is 0.0346. The highest BCUT2D eigenvalue weighted by atomic mass is 32.2. The van der Waals surface area contributed by atoms with Crippen LogP contribution in [0.2, 0.25) is 0 Å². The lowest BCUT2D eigenvalue weighted by Crippen LogP contribution is -2.42. The van der Waals surface area contributed by atoms with E-state index in [9.17, 15) is 18.0 Å². The SMILES string of the molecule is COC(=O)N1c2ccc(-c3cnn(CCS(C)(=O)=O)c3)c(Oc3ncccc3C(N)=O)c2CC[C@@H]1C. The van der Waals surface area contributed by atoms with Gasteiger partial charge in [0.15, 0.2) is 0 Å². The molecule has 12 heteroatoms. The quantitative estimate of drug-likeness (QED) is 0.507. The lowest BCUT2D eigenvalue weighted by molar-refractivity contribution is 0.0997. The van der Waals surface area contributed by atoms with Crippen molar-refractivity contribution >= 4 is 27.5 Å². The molecule has 36 heavy (non-hydrogen) atoms. The van der Waals surface area contributed by atoms with E-state index >= 15 is 0 Å². The van der Waals surface area contributed by atoms with Gasteiger partial charge < -0.3 is 15.2 Å². The number of carbonyl (C=O) groups excluding carboxylic acids is 2. The summed E-state index contributed by atoms with van der Waals surface area (Å²) in [5.41, 5.74) is 8.31. The van der Waals surface area contributed by atoms with Crippen LogP contribution in [0.25, 0.3) is 11.1 Å². The van der Waals surface area contributed by atoms with Crippen LogP contribution in [0.15, 0.2) is 42.9 Å². The number of aryl methyl sites for hydroxylation is 1. The van der Waals surface area contributed by atoms with E-state index in [-0.39, 0.29) is 29.8 Å². The number of amides is 2. The Bertz CT molecular complexity index is 1420. The highest BCUT2D eigenvalue weighted by Crippen LogP contribution is 2.45. The molecule has 1 aromatic carbocycles. The van der Waals surface area contributed by atoms with E-state index in [0.717, 1.165) is 5.56 Å². The number of aromatic nitrogens is 3. The summed E-state index contributed by atoms with van der Waals surface area (Å²) < 4.78 is 35.9. The van der Waals surface area contributed by atoms with Gasteiger partial charge in [-0.3, -0.25) is 14.4 Å². The van der Waals surface area contributed by atoms with Crippen LogP contribution in [0.4, 0.5) is 10.5 Å². The first-order chi connectivity index (χ1) is 17.1. The summed E-state index contributed by atoms with van der Waals surface area (Å²) in [6.45, 7) is 2.13. The maximum Gasteiger partial charge on any atom is 0.414 e. The second-order valence-electron chi connectivity index (χ2n) is 8.61. The number of benzene rings is 1. The molecule has 3 aromatic rings. The number of anilines is 1. The molecule has 0 spiro atoms. The van der Waals surface area contributed by atoms with Crippen molar-refractivity contribution in [2.45, 2.75) is 32.4 Å². The normalized spacial score (nSPS) is 15.3. The fourth-order valence-corrected chi connectivity index (χ4v) is 4.68. The molecule has 2 N–H and O–H groups in total. The van der Waals surface area contributed by atoms with Crippen molar-refractivity contribution in [3.8, 4) is 22.8 Å². The lowest BCUT2D eigenvalue weighted by atomic mass is 9.92. The zero-order valence-corrected chi connectivity index (χ0v) is 21.0. The van der Waals surface area contributed by atoms with Crippen molar-refractivity contribution in [3.05, 3.63) is 54.0 Å². The molecule has 0 saturated heterocycles. The van der Waals surface area contributed by atoms with Crippen molar-refractivity contribution < 1.29 is 27.5 Å². The maximum atomic E-state index is 12.6. The van der Waals surface area contributed by atoms with E-state index in [2.05, 4.69) is 10.1 Å². The number of ether oxygens (including phenoxy) is 2. The predicted octanol–water partition coefficient (Wildman–Crippen LogP) is 2.79. The zero-order chi connectivity index (χ0) is 26.0. The number of fused-ring (bicyclic) bond motifs is 1. The number of hydrogen-bond donors (Lipinski definition) is 1. The zero-order valence-electron chi connectivity index (χ0n) is 20.2. The molecule has 1 aliphatic rings. The number of primary amides is 1. The summed E-state index contributed by atoms with van der Waals surface area (Å²) in [5.74, 6) is -0.309. The molecule has 0 radical (unpaired) electrons. The van der Waals surface area contributed by atoms with Crippen LogP contribution in [-0.2, 0) is 27.5 Å². The summed E-state index contributed by atoms with van der Waals surface area (Å²) in [5, 5.41) is 4.29. The third-order valence-corrected chi connectivity index (χ3v) is 6.91. The van der Waals surface area contributed by atoms with E-state index in [1.165, 1.54) is 30.3 Å². The third kappa shape index (κ3) is 5.18. The summed E-state index contributed by atoms with van der Waals surface area (Å²) >= 11 is 0. The van der Waals surface area contributed by atoms with Gasteiger partial charge in [-0.25, -0.2) is 18.2 Å². The molecule has 11 nitrogen and oxygen atoms in total. The van der Waals surface area contributed by atoms with Gasteiger partial charge >= 0.3 is 6.09 Å². The predicted molar refractivity (Wildman–Crippen MR) is 133 cm³/mol. The van der Waals surface area contributed by atoms with Gasteiger partial charge in [0.25, 0.3) is 5.91 Å². The molecular weight excluding hydrogens is 486 g/mol. The number of methoxy groups -OCH3 is 1. The topological polar surface area (TPSA) is 147 Å². The number of nitrogens with zero attached hydrogens (tertiary/aromatic N) is 4. The van der Waals surface area contributed by atoms with Crippen molar-refractivity contribution in [2.75, 3.05) is 24.0 Å². The van der Waals surface area contributed by atoms with Crippen LogP contribution in [0.1, 0.15) is 29.3 Å². The number of sulfone groups is 1. The second kappa shape index (κ2) is 9.97. The van der Waals surface area contributed by atoms with E-state index < -0.39 is 21.8 Å². The molecule has 4 rings (SSSR count). The Labute approximate surface area is 208 Å². The Kier molecular flexibility index (Phi) is 6.97. The number of hydrogen-bond acceptors (Lipinski definition) is 8.